The van der Waals surface area contributed by atoms with Crippen LogP contribution in [0.2, 0.25) is 0 Å². The van der Waals surface area contributed by atoms with Crippen molar-refractivity contribution in [2.24, 2.45) is 17.8 Å². The normalized spacial score (nSPS) is 32.5. The summed E-state index contributed by atoms with van der Waals surface area (Å²) in [5.41, 5.74) is 0. The number of nitrogens with zero attached hydrogens (tertiary/aromatic N) is 3. The molecule has 33 heavy (non-hydrogen) atoms. The molecule has 2 saturated heterocycles. The fourth-order valence-electron chi connectivity index (χ4n) is 6.26. The van der Waals surface area contributed by atoms with Gasteiger partial charge in [0.05, 0.1) is 6.17 Å². The Morgan fingerprint density at radius 2 is 1.82 bits per heavy atom. The van der Waals surface area contributed by atoms with Crippen LogP contribution in [0.25, 0.3) is 0 Å². The SMILES string of the molecule is O=C(C1CCC(CNC2NC(=S)NC3CCCCC32)CC1)N1CCN(c2ccccn2)CC1. The molecule has 0 radical (unpaired) electrons. The van der Waals surface area contributed by atoms with E-state index in [0.717, 1.165) is 69.3 Å². The van der Waals surface area contributed by atoms with E-state index in [9.17, 15) is 4.79 Å². The van der Waals surface area contributed by atoms with Gasteiger partial charge in [-0.05, 0) is 75.3 Å². The maximum Gasteiger partial charge on any atom is 0.225 e. The molecule has 2 saturated carbocycles. The molecule has 180 valence electrons. The Kier molecular flexibility index (Phi) is 7.30. The summed E-state index contributed by atoms with van der Waals surface area (Å²) >= 11 is 5.45. The van der Waals surface area contributed by atoms with Crippen LogP contribution in [0.5, 0.6) is 0 Å². The minimum Gasteiger partial charge on any atom is -0.360 e. The van der Waals surface area contributed by atoms with Gasteiger partial charge < -0.3 is 20.4 Å². The van der Waals surface area contributed by atoms with E-state index in [2.05, 4.69) is 30.7 Å². The average Bonchev–Trinajstić information content (AvgIpc) is 2.88. The second-order valence-corrected chi connectivity index (χ2v) is 10.7. The highest BCUT2D eigenvalue weighted by Gasteiger charge is 2.37. The quantitative estimate of drug-likeness (QED) is 0.571. The van der Waals surface area contributed by atoms with Crippen molar-refractivity contribution < 1.29 is 4.79 Å². The number of anilines is 1. The number of carbonyl (C=O) groups is 1. The van der Waals surface area contributed by atoms with Crippen LogP contribution in [0.15, 0.2) is 24.4 Å². The molecule has 1 aromatic rings. The fourth-order valence-corrected chi connectivity index (χ4v) is 6.54. The van der Waals surface area contributed by atoms with Crippen molar-refractivity contribution in [3.8, 4) is 0 Å². The minimum atomic E-state index is 0.204. The smallest absolute Gasteiger partial charge is 0.225 e. The van der Waals surface area contributed by atoms with Gasteiger partial charge in [0.15, 0.2) is 5.11 Å². The maximum atomic E-state index is 13.1. The zero-order chi connectivity index (χ0) is 22.6. The highest BCUT2D eigenvalue weighted by Crippen LogP contribution is 2.32. The van der Waals surface area contributed by atoms with Crippen molar-refractivity contribution in [2.75, 3.05) is 37.6 Å². The lowest BCUT2D eigenvalue weighted by Gasteiger charge is -2.44. The number of aromatic nitrogens is 1. The zero-order valence-electron chi connectivity index (χ0n) is 19.5. The van der Waals surface area contributed by atoms with Crippen molar-refractivity contribution in [3.63, 3.8) is 0 Å². The van der Waals surface area contributed by atoms with E-state index < -0.39 is 0 Å². The molecule has 0 aromatic carbocycles. The molecule has 2 aliphatic carbocycles. The molecular formula is C25H38N6OS. The van der Waals surface area contributed by atoms with Gasteiger partial charge in [-0.25, -0.2) is 4.98 Å². The number of hydrogen-bond donors (Lipinski definition) is 3. The fraction of sp³-hybridized carbons (Fsp3) is 0.720. The molecule has 0 bridgehead atoms. The monoisotopic (exact) mass is 470 g/mol. The first-order chi connectivity index (χ1) is 16.2. The van der Waals surface area contributed by atoms with Crippen molar-refractivity contribution in [1.82, 2.24) is 25.8 Å². The van der Waals surface area contributed by atoms with Crippen LogP contribution in [-0.2, 0) is 4.79 Å². The van der Waals surface area contributed by atoms with Gasteiger partial charge in [-0.2, -0.15) is 0 Å². The van der Waals surface area contributed by atoms with Crippen LogP contribution in [0.3, 0.4) is 0 Å². The number of carbonyl (C=O) groups excluding carboxylic acids is 1. The molecule has 4 fully saturated rings. The number of pyridine rings is 1. The van der Waals surface area contributed by atoms with Gasteiger partial charge in [-0.3, -0.25) is 10.1 Å². The third kappa shape index (κ3) is 5.43. The Hall–Kier alpha value is -1.93. The van der Waals surface area contributed by atoms with Crippen LogP contribution < -0.4 is 20.9 Å². The Morgan fingerprint density at radius 3 is 2.58 bits per heavy atom. The second-order valence-electron chi connectivity index (χ2n) is 10.3. The Labute approximate surface area is 203 Å². The summed E-state index contributed by atoms with van der Waals surface area (Å²) in [6.07, 6.45) is 11.6. The standard InChI is InChI=1S/C25H38N6OS/c32-24(31-15-13-30(14-16-31)22-7-3-4-12-26-22)19-10-8-18(9-11-19)17-27-23-20-5-1-2-6-21(20)28-25(33)29-23/h3-4,7,12,18-21,23,27H,1-2,5-6,8-11,13-17H2,(H2,28,29,33). The summed E-state index contributed by atoms with van der Waals surface area (Å²) in [6, 6.07) is 6.54. The predicted molar refractivity (Wildman–Crippen MR) is 135 cm³/mol. The highest BCUT2D eigenvalue weighted by atomic mass is 32.1. The van der Waals surface area contributed by atoms with E-state index in [1.54, 1.807) is 0 Å². The first-order valence-corrected chi connectivity index (χ1v) is 13.3. The minimum absolute atomic E-state index is 0.204. The van der Waals surface area contributed by atoms with Gasteiger partial charge in [0.1, 0.15) is 5.82 Å². The first kappa shape index (κ1) is 22.8. The number of rotatable bonds is 5. The molecule has 3 atom stereocenters. The summed E-state index contributed by atoms with van der Waals surface area (Å²) in [4.78, 5) is 22.0. The van der Waals surface area contributed by atoms with E-state index in [1.807, 2.05) is 24.4 Å². The van der Waals surface area contributed by atoms with Gasteiger partial charge in [0, 0.05) is 50.3 Å². The van der Waals surface area contributed by atoms with Crippen LogP contribution in [-0.4, -0.2) is 65.8 Å². The largest absolute Gasteiger partial charge is 0.360 e. The molecule has 7 nitrogen and oxygen atoms in total. The number of fused-ring (bicyclic) bond motifs is 1. The number of thiocarbonyl (C=S) groups is 1. The molecule has 0 spiro atoms. The summed E-state index contributed by atoms with van der Waals surface area (Å²) in [5.74, 6) is 2.86. The van der Waals surface area contributed by atoms with Gasteiger partial charge in [0.2, 0.25) is 5.91 Å². The van der Waals surface area contributed by atoms with Gasteiger partial charge in [-0.1, -0.05) is 18.9 Å². The number of amides is 1. The first-order valence-electron chi connectivity index (χ1n) is 12.9. The van der Waals surface area contributed by atoms with E-state index in [-0.39, 0.29) is 5.92 Å². The lowest BCUT2D eigenvalue weighted by Crippen LogP contribution is -2.65. The number of nitrogens with one attached hydrogen (secondary N) is 3. The summed E-state index contributed by atoms with van der Waals surface area (Å²) in [7, 11) is 0. The topological polar surface area (TPSA) is 72.5 Å². The van der Waals surface area contributed by atoms with Crippen LogP contribution in [0.1, 0.15) is 51.4 Å². The Balaban J connectivity index is 1.05. The van der Waals surface area contributed by atoms with Gasteiger partial charge in [0.25, 0.3) is 0 Å². The number of hydrogen-bond acceptors (Lipinski definition) is 5. The van der Waals surface area contributed by atoms with Crippen molar-refractivity contribution >= 4 is 29.1 Å². The molecule has 3 unspecified atom stereocenters. The van der Waals surface area contributed by atoms with E-state index in [4.69, 9.17) is 12.2 Å². The molecule has 1 aromatic heterocycles. The average molecular weight is 471 g/mol. The predicted octanol–water partition coefficient (Wildman–Crippen LogP) is 2.49. The molecule has 1 amide bonds. The third-order valence-electron chi connectivity index (χ3n) is 8.24. The second kappa shape index (κ2) is 10.6. The van der Waals surface area contributed by atoms with Crippen LogP contribution in [0, 0.1) is 17.8 Å². The van der Waals surface area contributed by atoms with Gasteiger partial charge in [-0.15, -0.1) is 0 Å². The van der Waals surface area contributed by atoms with E-state index in [0.29, 0.717) is 30.0 Å². The van der Waals surface area contributed by atoms with Crippen LogP contribution >= 0.6 is 12.2 Å². The van der Waals surface area contributed by atoms with E-state index in [1.165, 1.54) is 25.7 Å². The maximum absolute atomic E-state index is 13.1. The molecule has 3 N–H and O–H groups in total. The third-order valence-corrected chi connectivity index (χ3v) is 8.47. The van der Waals surface area contributed by atoms with Gasteiger partial charge >= 0.3 is 0 Å². The van der Waals surface area contributed by atoms with Crippen molar-refractivity contribution in [3.05, 3.63) is 24.4 Å². The molecule has 8 heteroatoms. The van der Waals surface area contributed by atoms with E-state index >= 15 is 0 Å². The molecule has 4 aliphatic rings. The van der Waals surface area contributed by atoms with Crippen molar-refractivity contribution in [2.45, 2.75) is 63.6 Å². The lowest BCUT2D eigenvalue weighted by molar-refractivity contribution is -0.137. The summed E-state index contributed by atoms with van der Waals surface area (Å²) in [6.45, 7) is 4.37. The highest BCUT2D eigenvalue weighted by molar-refractivity contribution is 7.80. The number of piperazine rings is 1. The molecular weight excluding hydrogens is 432 g/mol. The van der Waals surface area contributed by atoms with Crippen molar-refractivity contribution in [1.29, 1.82) is 0 Å². The molecule has 3 heterocycles. The molecule has 5 rings (SSSR count). The Bertz CT molecular complexity index is 806. The summed E-state index contributed by atoms with van der Waals surface area (Å²) in [5, 5.41) is 11.6. The Morgan fingerprint density at radius 1 is 1.03 bits per heavy atom. The van der Waals surface area contributed by atoms with Crippen LogP contribution in [0.4, 0.5) is 5.82 Å². The summed E-state index contributed by atoms with van der Waals surface area (Å²) < 4.78 is 0. The zero-order valence-corrected chi connectivity index (χ0v) is 20.4. The molecule has 2 aliphatic heterocycles. The lowest BCUT2D eigenvalue weighted by atomic mass is 9.79.